The Balaban J connectivity index is 2.72. The van der Waals surface area contributed by atoms with E-state index in [4.69, 9.17) is 10.5 Å². The van der Waals surface area contributed by atoms with Gasteiger partial charge < -0.3 is 10.5 Å². The lowest BCUT2D eigenvalue weighted by molar-refractivity contribution is 0.411. The molecule has 0 heterocycles. The summed E-state index contributed by atoms with van der Waals surface area (Å²) in [6.07, 6.45) is 1.23. The first-order valence-corrected chi connectivity index (χ1v) is 7.80. The molecule has 2 nitrogen and oxygen atoms in total. The van der Waals surface area contributed by atoms with Crippen molar-refractivity contribution in [3.63, 3.8) is 0 Å². The standard InChI is InChI=1S/C16H23NOS/c1-4-13(2)11-19-12-15-10-14(6-5-9-17)7-8-16(15)18-3/h7-8,10,13H,4,9,11-12,17H2,1-3H3. The van der Waals surface area contributed by atoms with Gasteiger partial charge in [-0.2, -0.15) is 11.8 Å². The van der Waals surface area contributed by atoms with Gasteiger partial charge in [0.15, 0.2) is 0 Å². The number of methoxy groups -OCH3 is 1. The highest BCUT2D eigenvalue weighted by Crippen LogP contribution is 2.25. The molecule has 0 fully saturated rings. The van der Waals surface area contributed by atoms with Crippen molar-refractivity contribution in [1.29, 1.82) is 0 Å². The Hall–Kier alpha value is -1.11. The molecule has 3 heteroatoms. The molecule has 19 heavy (non-hydrogen) atoms. The molecule has 0 saturated carbocycles. The van der Waals surface area contributed by atoms with E-state index < -0.39 is 0 Å². The fourth-order valence-electron chi connectivity index (χ4n) is 1.61. The van der Waals surface area contributed by atoms with Crippen molar-refractivity contribution in [2.75, 3.05) is 19.4 Å². The normalized spacial score (nSPS) is 11.6. The Labute approximate surface area is 121 Å². The van der Waals surface area contributed by atoms with Gasteiger partial charge >= 0.3 is 0 Å². The first kappa shape index (κ1) is 15.9. The number of rotatable bonds is 6. The van der Waals surface area contributed by atoms with E-state index in [1.54, 1.807) is 7.11 Å². The van der Waals surface area contributed by atoms with Gasteiger partial charge in [0.25, 0.3) is 0 Å². The van der Waals surface area contributed by atoms with Gasteiger partial charge in [-0.25, -0.2) is 0 Å². The lowest BCUT2D eigenvalue weighted by atomic mass is 10.1. The summed E-state index contributed by atoms with van der Waals surface area (Å²) in [5, 5.41) is 0. The summed E-state index contributed by atoms with van der Waals surface area (Å²) < 4.78 is 5.40. The first-order chi connectivity index (χ1) is 9.21. The van der Waals surface area contributed by atoms with Gasteiger partial charge in [-0.3, -0.25) is 0 Å². The molecule has 0 radical (unpaired) electrons. The van der Waals surface area contributed by atoms with E-state index in [-0.39, 0.29) is 0 Å². The van der Waals surface area contributed by atoms with Crippen LogP contribution in [0.1, 0.15) is 31.4 Å². The minimum absolute atomic E-state index is 0.393. The maximum atomic E-state index is 5.40. The van der Waals surface area contributed by atoms with Crippen molar-refractivity contribution in [3.8, 4) is 17.6 Å². The Morgan fingerprint density at radius 3 is 2.84 bits per heavy atom. The SMILES string of the molecule is CCC(C)CSCc1cc(C#CCN)ccc1OC. The van der Waals surface area contributed by atoms with Crippen molar-refractivity contribution in [1.82, 2.24) is 0 Å². The van der Waals surface area contributed by atoms with Crippen molar-refractivity contribution < 1.29 is 4.74 Å². The molecule has 0 saturated heterocycles. The molecule has 0 amide bonds. The van der Waals surface area contributed by atoms with Crippen LogP contribution in [0.4, 0.5) is 0 Å². The average molecular weight is 277 g/mol. The molecule has 0 spiro atoms. The summed E-state index contributed by atoms with van der Waals surface area (Å²) in [6.45, 7) is 4.91. The van der Waals surface area contributed by atoms with Crippen molar-refractivity contribution in [2.24, 2.45) is 11.7 Å². The van der Waals surface area contributed by atoms with Gasteiger partial charge in [0.2, 0.25) is 0 Å². The van der Waals surface area contributed by atoms with E-state index in [9.17, 15) is 0 Å². The average Bonchev–Trinajstić information content (AvgIpc) is 2.45. The molecular formula is C16H23NOS. The summed E-state index contributed by atoms with van der Waals surface area (Å²) >= 11 is 1.95. The lowest BCUT2D eigenvalue weighted by Gasteiger charge is -2.11. The van der Waals surface area contributed by atoms with Crippen LogP contribution in [0.15, 0.2) is 18.2 Å². The Kier molecular flexibility index (Phi) is 7.47. The topological polar surface area (TPSA) is 35.2 Å². The maximum Gasteiger partial charge on any atom is 0.122 e. The molecule has 1 rings (SSSR count). The van der Waals surface area contributed by atoms with Crippen molar-refractivity contribution in [3.05, 3.63) is 29.3 Å². The minimum Gasteiger partial charge on any atom is -0.496 e. The molecular weight excluding hydrogens is 254 g/mol. The van der Waals surface area contributed by atoms with Gasteiger partial charge in [-0.15, -0.1) is 0 Å². The minimum atomic E-state index is 0.393. The van der Waals surface area contributed by atoms with Crippen LogP contribution in [0.25, 0.3) is 0 Å². The number of hydrogen-bond acceptors (Lipinski definition) is 3. The lowest BCUT2D eigenvalue weighted by Crippen LogP contribution is -1.97. The van der Waals surface area contributed by atoms with Gasteiger partial charge in [0, 0.05) is 16.9 Å². The second-order valence-electron chi connectivity index (χ2n) is 4.56. The van der Waals surface area contributed by atoms with Crippen LogP contribution in [-0.4, -0.2) is 19.4 Å². The molecule has 1 aromatic carbocycles. The molecule has 104 valence electrons. The quantitative estimate of drug-likeness (QED) is 0.810. The summed E-state index contributed by atoms with van der Waals surface area (Å²) in [5.41, 5.74) is 7.61. The Morgan fingerprint density at radius 2 is 2.21 bits per heavy atom. The smallest absolute Gasteiger partial charge is 0.122 e. The van der Waals surface area contributed by atoms with Gasteiger partial charge in [-0.05, 0) is 29.9 Å². The van der Waals surface area contributed by atoms with Crippen molar-refractivity contribution >= 4 is 11.8 Å². The molecule has 0 aliphatic carbocycles. The van der Waals surface area contributed by atoms with Crippen LogP contribution in [0.3, 0.4) is 0 Å². The molecule has 1 unspecified atom stereocenters. The Morgan fingerprint density at radius 1 is 1.42 bits per heavy atom. The van der Waals surface area contributed by atoms with Crippen molar-refractivity contribution in [2.45, 2.75) is 26.0 Å². The third-order valence-electron chi connectivity index (χ3n) is 2.97. The molecule has 1 aromatic rings. The second kappa shape index (κ2) is 8.90. The van der Waals surface area contributed by atoms with Crippen LogP contribution < -0.4 is 10.5 Å². The van der Waals surface area contributed by atoms with Gasteiger partial charge in [0.1, 0.15) is 5.75 Å². The third-order valence-corrected chi connectivity index (χ3v) is 4.29. The summed E-state index contributed by atoms with van der Waals surface area (Å²) in [7, 11) is 1.71. The molecule has 0 aliphatic heterocycles. The molecule has 0 bridgehead atoms. The highest BCUT2D eigenvalue weighted by Gasteiger charge is 2.05. The summed E-state index contributed by atoms with van der Waals surface area (Å²) in [6, 6.07) is 6.06. The molecule has 1 atom stereocenters. The largest absolute Gasteiger partial charge is 0.496 e. The van der Waals surface area contributed by atoms with E-state index in [1.807, 2.05) is 23.9 Å². The monoisotopic (exact) mass is 277 g/mol. The highest BCUT2D eigenvalue weighted by molar-refractivity contribution is 7.98. The van der Waals surface area contributed by atoms with Gasteiger partial charge in [0.05, 0.1) is 13.7 Å². The second-order valence-corrected chi connectivity index (χ2v) is 5.59. The summed E-state index contributed by atoms with van der Waals surface area (Å²) in [4.78, 5) is 0. The van der Waals surface area contributed by atoms with E-state index in [1.165, 1.54) is 17.7 Å². The Bertz CT molecular complexity index is 448. The van der Waals surface area contributed by atoms with Gasteiger partial charge in [-0.1, -0.05) is 32.1 Å². The summed E-state index contributed by atoms with van der Waals surface area (Å²) in [5.74, 6) is 9.79. The predicted molar refractivity (Wildman–Crippen MR) is 84.5 cm³/mol. The zero-order chi connectivity index (χ0) is 14.1. The maximum absolute atomic E-state index is 5.40. The van der Waals surface area contributed by atoms with E-state index >= 15 is 0 Å². The first-order valence-electron chi connectivity index (χ1n) is 6.64. The molecule has 2 N–H and O–H groups in total. The third kappa shape index (κ3) is 5.59. The molecule has 0 aromatic heterocycles. The zero-order valence-corrected chi connectivity index (χ0v) is 12.8. The number of ether oxygens (including phenoxy) is 1. The van der Waals surface area contributed by atoms with E-state index in [0.29, 0.717) is 6.54 Å². The molecule has 0 aliphatic rings. The van der Waals surface area contributed by atoms with Crippen LogP contribution in [0.5, 0.6) is 5.75 Å². The number of hydrogen-bond donors (Lipinski definition) is 1. The number of benzene rings is 1. The van der Waals surface area contributed by atoms with Crippen LogP contribution in [0.2, 0.25) is 0 Å². The fourth-order valence-corrected chi connectivity index (χ4v) is 2.81. The van der Waals surface area contributed by atoms with Crippen LogP contribution in [-0.2, 0) is 5.75 Å². The zero-order valence-electron chi connectivity index (χ0n) is 12.0. The predicted octanol–water partition coefficient (Wildman–Crippen LogP) is 3.28. The van der Waals surface area contributed by atoms with Crippen LogP contribution in [0, 0.1) is 17.8 Å². The number of thioether (sulfide) groups is 1. The van der Waals surface area contributed by atoms with Crippen LogP contribution >= 0.6 is 11.8 Å². The van der Waals surface area contributed by atoms with E-state index in [0.717, 1.165) is 23.0 Å². The fraction of sp³-hybridized carbons (Fsp3) is 0.500. The number of nitrogens with two attached hydrogens (primary N) is 1. The van der Waals surface area contributed by atoms with E-state index in [2.05, 4.69) is 31.8 Å². The highest BCUT2D eigenvalue weighted by atomic mass is 32.2.